The Morgan fingerprint density at radius 1 is 1.37 bits per heavy atom. The number of nitrogens with zero attached hydrogens (tertiary/aromatic N) is 1. The van der Waals surface area contributed by atoms with Gasteiger partial charge in [0.2, 0.25) is 0 Å². The zero-order chi connectivity index (χ0) is 13.8. The minimum atomic E-state index is 0.0187. The highest BCUT2D eigenvalue weighted by atomic mass is 35.5. The van der Waals surface area contributed by atoms with Crippen LogP contribution in [0.3, 0.4) is 0 Å². The van der Waals surface area contributed by atoms with Crippen LogP contribution in [0.15, 0.2) is 18.2 Å². The van der Waals surface area contributed by atoms with Crippen LogP contribution in [0.25, 0.3) is 0 Å². The van der Waals surface area contributed by atoms with Gasteiger partial charge in [-0.25, -0.2) is 0 Å². The zero-order valence-electron chi connectivity index (χ0n) is 11.0. The van der Waals surface area contributed by atoms with Crippen molar-refractivity contribution in [2.75, 3.05) is 26.7 Å². The number of rotatable bonds is 3. The third-order valence-electron chi connectivity index (χ3n) is 3.41. The molecule has 1 aromatic rings. The van der Waals surface area contributed by atoms with Gasteiger partial charge in [0.05, 0.1) is 0 Å². The second kappa shape index (κ2) is 6.60. The molecule has 1 fully saturated rings. The van der Waals surface area contributed by atoms with Crippen molar-refractivity contribution in [3.8, 4) is 0 Å². The van der Waals surface area contributed by atoms with Gasteiger partial charge in [-0.15, -0.1) is 0 Å². The molecule has 5 heteroatoms. The molecule has 1 unspecified atom stereocenters. The van der Waals surface area contributed by atoms with Crippen LogP contribution in [0.1, 0.15) is 23.2 Å². The maximum atomic E-state index is 12.4. The number of nitrogens with one attached hydrogen (secondary N) is 1. The Balaban J connectivity index is 2.10. The molecule has 0 aliphatic carbocycles. The van der Waals surface area contributed by atoms with Crippen LogP contribution >= 0.6 is 23.2 Å². The molecule has 1 aliphatic rings. The van der Waals surface area contributed by atoms with E-state index in [2.05, 4.69) is 5.32 Å². The first-order valence-corrected chi connectivity index (χ1v) is 7.25. The third kappa shape index (κ3) is 3.85. The lowest BCUT2D eigenvalue weighted by atomic mass is 9.97. The Morgan fingerprint density at radius 2 is 2.05 bits per heavy atom. The fourth-order valence-electron chi connectivity index (χ4n) is 2.56. The van der Waals surface area contributed by atoms with E-state index in [1.165, 1.54) is 6.42 Å². The van der Waals surface area contributed by atoms with Crippen molar-refractivity contribution in [3.05, 3.63) is 33.8 Å². The molecular formula is C14H18Cl2N2O. The highest BCUT2D eigenvalue weighted by Crippen LogP contribution is 2.22. The van der Waals surface area contributed by atoms with E-state index in [0.717, 1.165) is 26.1 Å². The molecule has 1 atom stereocenters. The minimum Gasteiger partial charge on any atom is -0.338 e. The second-order valence-corrected chi connectivity index (χ2v) is 5.85. The van der Waals surface area contributed by atoms with Gasteiger partial charge in [0.1, 0.15) is 0 Å². The van der Waals surface area contributed by atoms with Crippen molar-refractivity contribution in [2.24, 2.45) is 5.92 Å². The van der Waals surface area contributed by atoms with Crippen molar-refractivity contribution in [2.45, 2.75) is 12.8 Å². The Hall–Kier alpha value is -0.770. The quantitative estimate of drug-likeness (QED) is 0.930. The first-order chi connectivity index (χ1) is 9.10. The van der Waals surface area contributed by atoms with Crippen LogP contribution < -0.4 is 5.32 Å². The fraction of sp³-hybridized carbons (Fsp3) is 0.500. The van der Waals surface area contributed by atoms with Crippen LogP contribution in [0, 0.1) is 5.92 Å². The lowest BCUT2D eigenvalue weighted by molar-refractivity contribution is 0.0674. The average Bonchev–Trinajstić information content (AvgIpc) is 2.37. The molecule has 104 valence electrons. The minimum absolute atomic E-state index is 0.0187. The second-order valence-electron chi connectivity index (χ2n) is 4.98. The Bertz CT molecular complexity index is 443. The third-order valence-corrected chi connectivity index (χ3v) is 3.84. The molecule has 1 aromatic carbocycles. The molecule has 0 bridgehead atoms. The number of amides is 1. The van der Waals surface area contributed by atoms with Gasteiger partial charge in [0, 0.05) is 28.7 Å². The molecule has 2 rings (SSSR count). The van der Waals surface area contributed by atoms with Crippen LogP contribution in [0.5, 0.6) is 0 Å². The maximum absolute atomic E-state index is 12.4. The van der Waals surface area contributed by atoms with Crippen molar-refractivity contribution in [1.82, 2.24) is 10.2 Å². The number of likely N-dealkylation sites (tertiary alicyclic amines) is 1. The summed E-state index contributed by atoms with van der Waals surface area (Å²) in [6, 6.07) is 4.99. The fourth-order valence-corrected chi connectivity index (χ4v) is 3.09. The molecule has 1 saturated heterocycles. The van der Waals surface area contributed by atoms with E-state index in [1.54, 1.807) is 18.2 Å². The number of hydrogen-bond acceptors (Lipinski definition) is 2. The zero-order valence-corrected chi connectivity index (χ0v) is 12.5. The van der Waals surface area contributed by atoms with Crippen molar-refractivity contribution in [1.29, 1.82) is 0 Å². The smallest absolute Gasteiger partial charge is 0.253 e. The normalized spacial score (nSPS) is 19.5. The summed E-state index contributed by atoms with van der Waals surface area (Å²) >= 11 is 11.9. The maximum Gasteiger partial charge on any atom is 0.253 e. The number of carbonyl (C=O) groups is 1. The molecule has 1 amide bonds. The summed E-state index contributed by atoms with van der Waals surface area (Å²) in [5.41, 5.74) is 0.572. The highest BCUT2D eigenvalue weighted by Gasteiger charge is 2.24. The monoisotopic (exact) mass is 300 g/mol. The predicted molar refractivity (Wildman–Crippen MR) is 79.0 cm³/mol. The van der Waals surface area contributed by atoms with Gasteiger partial charge < -0.3 is 10.2 Å². The SMILES string of the molecule is CNCC1CCCN(C(=O)c2cc(Cl)cc(Cl)c2)C1. The molecule has 1 aliphatic heterocycles. The number of halogens is 2. The molecule has 1 N–H and O–H groups in total. The lowest BCUT2D eigenvalue weighted by Crippen LogP contribution is -2.42. The number of hydrogen-bond donors (Lipinski definition) is 1. The number of benzene rings is 1. The number of carbonyl (C=O) groups excluding carboxylic acids is 1. The predicted octanol–water partition coefficient (Wildman–Crippen LogP) is 3.07. The summed E-state index contributed by atoms with van der Waals surface area (Å²) in [5, 5.41) is 4.17. The summed E-state index contributed by atoms with van der Waals surface area (Å²) < 4.78 is 0. The van der Waals surface area contributed by atoms with Gasteiger partial charge in [0.15, 0.2) is 0 Å². The van der Waals surface area contributed by atoms with E-state index in [-0.39, 0.29) is 5.91 Å². The van der Waals surface area contributed by atoms with Gasteiger partial charge in [-0.3, -0.25) is 4.79 Å². The molecule has 0 aromatic heterocycles. The molecule has 3 nitrogen and oxygen atoms in total. The summed E-state index contributed by atoms with van der Waals surface area (Å²) in [5.74, 6) is 0.544. The molecule has 0 radical (unpaired) electrons. The Labute approximate surface area is 123 Å². The van der Waals surface area contributed by atoms with E-state index in [4.69, 9.17) is 23.2 Å². The van der Waals surface area contributed by atoms with E-state index in [1.807, 2.05) is 11.9 Å². The van der Waals surface area contributed by atoms with Gasteiger partial charge >= 0.3 is 0 Å². The topological polar surface area (TPSA) is 32.3 Å². The van der Waals surface area contributed by atoms with E-state index < -0.39 is 0 Å². The van der Waals surface area contributed by atoms with Gasteiger partial charge in [-0.05, 0) is 50.6 Å². The summed E-state index contributed by atoms with van der Waals surface area (Å²) in [6.45, 7) is 2.55. The largest absolute Gasteiger partial charge is 0.338 e. The Morgan fingerprint density at radius 3 is 2.68 bits per heavy atom. The van der Waals surface area contributed by atoms with E-state index in [0.29, 0.717) is 21.5 Å². The summed E-state index contributed by atoms with van der Waals surface area (Å²) in [7, 11) is 1.94. The van der Waals surface area contributed by atoms with Crippen molar-refractivity contribution >= 4 is 29.1 Å². The van der Waals surface area contributed by atoms with Crippen molar-refractivity contribution in [3.63, 3.8) is 0 Å². The standard InChI is InChI=1S/C14H18Cl2N2O/c1-17-8-10-3-2-4-18(9-10)14(19)11-5-12(15)7-13(16)6-11/h5-7,10,17H,2-4,8-9H2,1H3. The molecule has 0 spiro atoms. The van der Waals surface area contributed by atoms with Crippen LogP contribution in [0.2, 0.25) is 10.0 Å². The van der Waals surface area contributed by atoms with Crippen molar-refractivity contribution < 1.29 is 4.79 Å². The van der Waals surface area contributed by atoms with E-state index in [9.17, 15) is 4.79 Å². The molecular weight excluding hydrogens is 283 g/mol. The molecule has 1 heterocycles. The van der Waals surface area contributed by atoms with Crippen LogP contribution in [-0.2, 0) is 0 Å². The Kier molecular flexibility index (Phi) is 5.08. The first-order valence-electron chi connectivity index (χ1n) is 6.50. The lowest BCUT2D eigenvalue weighted by Gasteiger charge is -2.32. The van der Waals surface area contributed by atoms with Crippen LogP contribution in [-0.4, -0.2) is 37.5 Å². The van der Waals surface area contributed by atoms with E-state index >= 15 is 0 Å². The molecule has 19 heavy (non-hydrogen) atoms. The van der Waals surface area contributed by atoms with Gasteiger partial charge in [-0.2, -0.15) is 0 Å². The first kappa shape index (κ1) is 14.6. The summed E-state index contributed by atoms with van der Waals surface area (Å²) in [6.07, 6.45) is 2.22. The summed E-state index contributed by atoms with van der Waals surface area (Å²) in [4.78, 5) is 14.3. The molecule has 0 saturated carbocycles. The van der Waals surface area contributed by atoms with Gasteiger partial charge in [0.25, 0.3) is 5.91 Å². The highest BCUT2D eigenvalue weighted by molar-refractivity contribution is 6.35. The average molecular weight is 301 g/mol. The van der Waals surface area contributed by atoms with Gasteiger partial charge in [-0.1, -0.05) is 23.2 Å². The van der Waals surface area contributed by atoms with Crippen LogP contribution in [0.4, 0.5) is 0 Å². The number of piperidine rings is 1.